The molecule has 0 spiro atoms. The second-order valence-corrected chi connectivity index (χ2v) is 3.96. The number of benzene rings is 1. The summed E-state index contributed by atoms with van der Waals surface area (Å²) >= 11 is 0. The molecule has 0 aliphatic carbocycles. The van der Waals surface area contributed by atoms with Crippen LogP contribution in [0.15, 0.2) is 23.4 Å². The second kappa shape index (κ2) is 5.90. The number of hydrogen-bond acceptors (Lipinski definition) is 4. The molecule has 18 heavy (non-hydrogen) atoms. The van der Waals surface area contributed by atoms with Gasteiger partial charge in [-0.2, -0.15) is 0 Å². The van der Waals surface area contributed by atoms with Crippen LogP contribution in [0.2, 0.25) is 0 Å². The fraction of sp³-hybridized carbons (Fsp3) is 0.333. The van der Waals surface area contributed by atoms with E-state index < -0.39 is 0 Å². The molecule has 0 heterocycles. The fourth-order valence-corrected chi connectivity index (χ4v) is 1.54. The third-order valence-corrected chi connectivity index (χ3v) is 2.46. The van der Waals surface area contributed by atoms with Crippen molar-refractivity contribution in [1.29, 1.82) is 0 Å². The lowest BCUT2D eigenvalue weighted by Gasteiger charge is -2.18. The van der Waals surface area contributed by atoms with E-state index in [2.05, 4.69) is 5.16 Å². The van der Waals surface area contributed by atoms with E-state index in [9.17, 15) is 4.79 Å². The van der Waals surface area contributed by atoms with E-state index in [4.69, 9.17) is 15.7 Å². The molecule has 1 amide bonds. The maximum Gasteiger partial charge on any atom is 0.257 e. The van der Waals surface area contributed by atoms with Crippen LogP contribution in [-0.4, -0.2) is 42.6 Å². The molecule has 1 aromatic rings. The number of methoxy groups -OCH3 is 1. The zero-order valence-electron chi connectivity index (χ0n) is 10.7. The molecule has 0 aliphatic rings. The van der Waals surface area contributed by atoms with Gasteiger partial charge in [-0.05, 0) is 19.1 Å². The number of hydrogen-bond donors (Lipinski definition) is 2. The summed E-state index contributed by atoms with van der Waals surface area (Å²) in [6, 6.07) is 5.34. The van der Waals surface area contributed by atoms with E-state index in [1.807, 2.05) is 13.0 Å². The van der Waals surface area contributed by atoms with Gasteiger partial charge in [-0.25, -0.2) is 0 Å². The van der Waals surface area contributed by atoms with Gasteiger partial charge in [-0.1, -0.05) is 16.8 Å². The molecule has 0 unspecified atom stereocenters. The Kier molecular flexibility index (Phi) is 4.53. The lowest BCUT2D eigenvalue weighted by atomic mass is 10.1. The van der Waals surface area contributed by atoms with Crippen molar-refractivity contribution in [3.05, 3.63) is 29.3 Å². The summed E-state index contributed by atoms with van der Waals surface area (Å²) in [5, 5.41) is 11.3. The molecule has 0 saturated carbocycles. The van der Waals surface area contributed by atoms with Crippen molar-refractivity contribution in [2.75, 3.05) is 20.7 Å². The molecule has 0 aromatic heterocycles. The Morgan fingerprint density at radius 2 is 2.22 bits per heavy atom. The zero-order valence-corrected chi connectivity index (χ0v) is 10.7. The van der Waals surface area contributed by atoms with Crippen molar-refractivity contribution in [2.24, 2.45) is 10.9 Å². The number of amidine groups is 1. The number of likely N-dealkylation sites (N-methyl/N-ethyl adjacent to an activating group) is 1. The van der Waals surface area contributed by atoms with Gasteiger partial charge in [0.1, 0.15) is 5.75 Å². The maximum absolute atomic E-state index is 12.2. The van der Waals surface area contributed by atoms with Gasteiger partial charge >= 0.3 is 0 Å². The van der Waals surface area contributed by atoms with Crippen molar-refractivity contribution < 1.29 is 14.7 Å². The van der Waals surface area contributed by atoms with E-state index in [-0.39, 0.29) is 18.3 Å². The molecule has 0 aliphatic heterocycles. The standard InChI is InChI=1S/C12H17N3O3/c1-8-4-5-10(18-3)9(6-8)12(16)15(2)7-11(13)14-17/h4-6,17H,7H2,1-3H3,(H2,13,14). The number of rotatable bonds is 4. The van der Waals surface area contributed by atoms with E-state index in [0.29, 0.717) is 11.3 Å². The highest BCUT2D eigenvalue weighted by atomic mass is 16.5. The first-order chi connectivity index (χ1) is 8.49. The summed E-state index contributed by atoms with van der Waals surface area (Å²) in [6.07, 6.45) is 0. The highest BCUT2D eigenvalue weighted by Crippen LogP contribution is 2.20. The van der Waals surface area contributed by atoms with Gasteiger partial charge in [-0.3, -0.25) is 4.79 Å². The summed E-state index contributed by atoms with van der Waals surface area (Å²) in [4.78, 5) is 13.5. The van der Waals surface area contributed by atoms with Crippen molar-refractivity contribution in [1.82, 2.24) is 4.90 Å². The predicted molar refractivity (Wildman–Crippen MR) is 68.1 cm³/mol. The summed E-state index contributed by atoms with van der Waals surface area (Å²) < 4.78 is 5.14. The summed E-state index contributed by atoms with van der Waals surface area (Å²) in [7, 11) is 3.08. The van der Waals surface area contributed by atoms with Gasteiger partial charge in [0.15, 0.2) is 5.84 Å². The Morgan fingerprint density at radius 1 is 1.56 bits per heavy atom. The monoisotopic (exact) mass is 251 g/mol. The summed E-state index contributed by atoms with van der Waals surface area (Å²) in [5.74, 6) is 0.219. The molecule has 1 rings (SSSR count). The molecule has 0 radical (unpaired) electrons. The minimum atomic E-state index is -0.248. The second-order valence-electron chi connectivity index (χ2n) is 3.96. The van der Waals surface area contributed by atoms with Crippen LogP contribution in [0.4, 0.5) is 0 Å². The van der Waals surface area contributed by atoms with Crippen LogP contribution in [0.3, 0.4) is 0 Å². The molecule has 98 valence electrons. The first kappa shape index (κ1) is 13.8. The van der Waals surface area contributed by atoms with Gasteiger partial charge in [-0.15, -0.1) is 0 Å². The van der Waals surface area contributed by atoms with Crippen molar-refractivity contribution in [3.8, 4) is 5.75 Å². The van der Waals surface area contributed by atoms with Gasteiger partial charge in [0.2, 0.25) is 0 Å². The van der Waals surface area contributed by atoms with E-state index >= 15 is 0 Å². The van der Waals surface area contributed by atoms with Gasteiger partial charge in [0.25, 0.3) is 5.91 Å². The fourth-order valence-electron chi connectivity index (χ4n) is 1.54. The zero-order chi connectivity index (χ0) is 13.7. The number of amides is 1. The van der Waals surface area contributed by atoms with E-state index in [1.54, 1.807) is 19.2 Å². The molecule has 0 fully saturated rings. The smallest absolute Gasteiger partial charge is 0.257 e. The third-order valence-electron chi connectivity index (χ3n) is 2.46. The molecular formula is C12H17N3O3. The number of aryl methyl sites for hydroxylation is 1. The van der Waals surface area contributed by atoms with Crippen molar-refractivity contribution in [2.45, 2.75) is 6.92 Å². The number of nitrogens with zero attached hydrogens (tertiary/aromatic N) is 2. The van der Waals surface area contributed by atoms with E-state index in [1.165, 1.54) is 12.0 Å². The van der Waals surface area contributed by atoms with Crippen LogP contribution in [-0.2, 0) is 0 Å². The lowest BCUT2D eigenvalue weighted by Crippen LogP contribution is -2.35. The topological polar surface area (TPSA) is 88.2 Å². The molecule has 6 heteroatoms. The Balaban J connectivity index is 2.99. The number of carbonyl (C=O) groups is 1. The third kappa shape index (κ3) is 3.13. The first-order valence-electron chi connectivity index (χ1n) is 5.36. The predicted octanol–water partition coefficient (Wildman–Crippen LogP) is 0.822. The molecule has 0 atom stereocenters. The average molecular weight is 251 g/mol. The molecule has 3 N–H and O–H groups in total. The maximum atomic E-state index is 12.2. The Labute approximate surface area is 106 Å². The van der Waals surface area contributed by atoms with E-state index in [0.717, 1.165) is 5.56 Å². The Morgan fingerprint density at radius 3 is 2.78 bits per heavy atom. The van der Waals surface area contributed by atoms with Crippen molar-refractivity contribution >= 4 is 11.7 Å². The van der Waals surface area contributed by atoms with Gasteiger partial charge in [0.05, 0.1) is 19.2 Å². The van der Waals surface area contributed by atoms with Crippen LogP contribution in [0.5, 0.6) is 5.75 Å². The average Bonchev–Trinajstić information content (AvgIpc) is 2.37. The van der Waals surface area contributed by atoms with Gasteiger partial charge in [0, 0.05) is 7.05 Å². The highest BCUT2D eigenvalue weighted by molar-refractivity contribution is 5.99. The van der Waals surface area contributed by atoms with Gasteiger partial charge < -0.3 is 20.6 Å². The van der Waals surface area contributed by atoms with Crippen LogP contribution in [0, 0.1) is 6.92 Å². The van der Waals surface area contributed by atoms with Crippen LogP contribution in [0.1, 0.15) is 15.9 Å². The quantitative estimate of drug-likeness (QED) is 0.359. The number of ether oxygens (including phenoxy) is 1. The van der Waals surface area contributed by atoms with Crippen LogP contribution >= 0.6 is 0 Å². The lowest BCUT2D eigenvalue weighted by molar-refractivity contribution is 0.0810. The Bertz CT molecular complexity index is 472. The number of nitrogens with two attached hydrogens (primary N) is 1. The summed E-state index contributed by atoms with van der Waals surface area (Å²) in [5.41, 5.74) is 6.77. The Hall–Kier alpha value is -2.24. The minimum Gasteiger partial charge on any atom is -0.496 e. The molecule has 0 saturated heterocycles. The molecule has 0 bridgehead atoms. The molecule has 6 nitrogen and oxygen atoms in total. The molecule has 1 aromatic carbocycles. The SMILES string of the molecule is COc1ccc(C)cc1C(=O)N(C)C/C(N)=N/O. The first-order valence-corrected chi connectivity index (χ1v) is 5.36. The largest absolute Gasteiger partial charge is 0.496 e. The minimum absolute atomic E-state index is 0.0301. The summed E-state index contributed by atoms with van der Waals surface area (Å²) in [6.45, 7) is 1.94. The van der Waals surface area contributed by atoms with Crippen LogP contribution in [0.25, 0.3) is 0 Å². The highest BCUT2D eigenvalue weighted by Gasteiger charge is 2.17. The normalized spacial score (nSPS) is 11.2. The van der Waals surface area contributed by atoms with Crippen molar-refractivity contribution in [3.63, 3.8) is 0 Å². The number of carbonyl (C=O) groups excluding carboxylic acids is 1. The van der Waals surface area contributed by atoms with Crippen LogP contribution < -0.4 is 10.5 Å². The number of oxime groups is 1. The molecular weight excluding hydrogens is 234 g/mol.